The quantitative estimate of drug-likeness (QED) is 0.161. The van der Waals surface area contributed by atoms with Gasteiger partial charge in [-0.1, -0.05) is 17.7 Å². The molecular weight excluding hydrogens is 493 g/mol. The molecular formula is C25H21ClFN3O6. The molecule has 0 saturated heterocycles. The number of halogens is 2. The molecule has 0 aliphatic heterocycles. The lowest BCUT2D eigenvalue weighted by atomic mass is 10.1. The van der Waals surface area contributed by atoms with E-state index in [-0.39, 0.29) is 22.2 Å². The van der Waals surface area contributed by atoms with E-state index in [9.17, 15) is 18.8 Å². The van der Waals surface area contributed by atoms with Gasteiger partial charge in [-0.3, -0.25) is 9.59 Å². The van der Waals surface area contributed by atoms with Crippen LogP contribution in [-0.4, -0.2) is 37.7 Å². The van der Waals surface area contributed by atoms with Gasteiger partial charge in [0.1, 0.15) is 11.6 Å². The maximum Gasteiger partial charge on any atom is 0.343 e. The minimum Gasteiger partial charge on any atom is -0.497 e. The highest BCUT2D eigenvalue weighted by atomic mass is 35.5. The lowest BCUT2D eigenvalue weighted by Gasteiger charge is -2.11. The number of methoxy groups -OCH3 is 2. The van der Waals surface area contributed by atoms with Crippen LogP contribution in [0.25, 0.3) is 0 Å². The minimum atomic E-state index is -1.05. The van der Waals surface area contributed by atoms with Crippen molar-refractivity contribution in [3.8, 4) is 17.2 Å². The van der Waals surface area contributed by atoms with Gasteiger partial charge in [-0.05, 0) is 61.5 Å². The Morgan fingerprint density at radius 2 is 1.67 bits per heavy atom. The van der Waals surface area contributed by atoms with Crippen LogP contribution < -0.4 is 25.0 Å². The zero-order valence-electron chi connectivity index (χ0n) is 19.4. The molecule has 186 valence electrons. The van der Waals surface area contributed by atoms with Crippen LogP contribution in [0.2, 0.25) is 5.02 Å². The van der Waals surface area contributed by atoms with Crippen molar-refractivity contribution in [2.24, 2.45) is 5.10 Å². The molecule has 2 N–H and O–H groups in total. The van der Waals surface area contributed by atoms with Gasteiger partial charge >= 0.3 is 17.8 Å². The number of nitrogens with one attached hydrogen (secondary N) is 2. The Bertz CT molecular complexity index is 1350. The number of hydrogen-bond acceptors (Lipinski definition) is 7. The van der Waals surface area contributed by atoms with E-state index >= 15 is 0 Å². The lowest BCUT2D eigenvalue weighted by molar-refractivity contribution is -0.136. The Hall–Kier alpha value is -4.44. The molecule has 9 nitrogen and oxygen atoms in total. The molecule has 0 aliphatic carbocycles. The third-order valence-corrected chi connectivity index (χ3v) is 5.09. The monoisotopic (exact) mass is 513 g/mol. The molecule has 3 rings (SSSR count). The molecule has 0 aliphatic rings. The molecule has 0 fully saturated rings. The average Bonchev–Trinajstić information content (AvgIpc) is 2.89. The van der Waals surface area contributed by atoms with Crippen molar-refractivity contribution in [3.63, 3.8) is 0 Å². The van der Waals surface area contributed by atoms with Crippen molar-refractivity contribution in [1.29, 1.82) is 0 Å². The molecule has 0 heterocycles. The summed E-state index contributed by atoms with van der Waals surface area (Å²) >= 11 is 5.66. The number of carbonyl (C=O) groups excluding carboxylic acids is 3. The van der Waals surface area contributed by atoms with Crippen molar-refractivity contribution in [2.75, 3.05) is 19.5 Å². The number of rotatable bonds is 7. The van der Waals surface area contributed by atoms with Crippen LogP contribution in [0.4, 0.5) is 10.1 Å². The van der Waals surface area contributed by atoms with E-state index in [4.69, 9.17) is 25.8 Å². The molecule has 3 aromatic rings. The standard InChI is InChI=1S/C25H21ClFN3O6/c1-14(29-30-24(32)23(31)28-17-8-9-20(27)19(26)13-17)15-7-10-21(22(12-15)35-3)36-25(33)16-5-4-6-18(11-16)34-2/h4-13H,1-3H3,(H,28,31)(H,30,32)/b29-14+. The summed E-state index contributed by atoms with van der Waals surface area (Å²) in [7, 11) is 2.90. The molecule has 36 heavy (non-hydrogen) atoms. The Kier molecular flexibility index (Phi) is 8.58. The first kappa shape index (κ1) is 26.2. The van der Waals surface area contributed by atoms with E-state index in [1.165, 1.54) is 32.4 Å². The number of amides is 2. The van der Waals surface area contributed by atoms with Gasteiger partial charge in [-0.25, -0.2) is 14.6 Å². The van der Waals surface area contributed by atoms with Crippen LogP contribution in [0.15, 0.2) is 65.8 Å². The second-order valence-electron chi connectivity index (χ2n) is 7.21. The van der Waals surface area contributed by atoms with Crippen LogP contribution in [0.5, 0.6) is 17.2 Å². The smallest absolute Gasteiger partial charge is 0.343 e. The normalized spacial score (nSPS) is 10.9. The number of benzene rings is 3. The second kappa shape index (κ2) is 11.8. The number of esters is 1. The van der Waals surface area contributed by atoms with Crippen LogP contribution in [0.3, 0.4) is 0 Å². The first-order chi connectivity index (χ1) is 17.2. The third-order valence-electron chi connectivity index (χ3n) is 4.80. The predicted octanol–water partition coefficient (Wildman–Crippen LogP) is 4.19. The third kappa shape index (κ3) is 6.57. The van der Waals surface area contributed by atoms with Gasteiger partial charge in [0.2, 0.25) is 0 Å². The number of anilines is 1. The van der Waals surface area contributed by atoms with Gasteiger partial charge in [0.15, 0.2) is 11.5 Å². The zero-order valence-corrected chi connectivity index (χ0v) is 20.2. The summed E-state index contributed by atoms with van der Waals surface area (Å²) in [5.41, 5.74) is 3.44. The van der Waals surface area contributed by atoms with E-state index < -0.39 is 23.6 Å². The maximum absolute atomic E-state index is 13.2. The summed E-state index contributed by atoms with van der Waals surface area (Å²) < 4.78 is 29.1. The van der Waals surface area contributed by atoms with Gasteiger partial charge in [0.25, 0.3) is 0 Å². The first-order valence-electron chi connectivity index (χ1n) is 10.4. The lowest BCUT2D eigenvalue weighted by Crippen LogP contribution is -2.33. The van der Waals surface area contributed by atoms with Crippen LogP contribution >= 0.6 is 11.6 Å². The molecule has 0 saturated carbocycles. The summed E-state index contributed by atoms with van der Waals surface area (Å²) in [6.07, 6.45) is 0. The minimum absolute atomic E-state index is 0.145. The summed E-state index contributed by atoms with van der Waals surface area (Å²) in [5.74, 6) is -2.41. The zero-order chi connectivity index (χ0) is 26.2. The maximum atomic E-state index is 13.2. The van der Waals surface area contributed by atoms with Gasteiger partial charge in [0.05, 0.1) is 30.5 Å². The Morgan fingerprint density at radius 3 is 2.36 bits per heavy atom. The number of nitrogens with zero attached hydrogens (tertiary/aromatic N) is 1. The van der Waals surface area contributed by atoms with Crippen LogP contribution in [-0.2, 0) is 9.59 Å². The Morgan fingerprint density at radius 1 is 0.889 bits per heavy atom. The number of carbonyl (C=O) groups is 3. The summed E-state index contributed by atoms with van der Waals surface area (Å²) in [6.45, 7) is 1.59. The van der Waals surface area contributed by atoms with E-state index in [1.54, 1.807) is 43.3 Å². The van der Waals surface area contributed by atoms with E-state index in [1.807, 2.05) is 0 Å². The number of ether oxygens (including phenoxy) is 3. The van der Waals surface area contributed by atoms with Crippen molar-refractivity contribution < 1.29 is 33.0 Å². The second-order valence-corrected chi connectivity index (χ2v) is 7.62. The van der Waals surface area contributed by atoms with Crippen molar-refractivity contribution in [2.45, 2.75) is 6.92 Å². The SMILES string of the molecule is COc1cccc(C(=O)Oc2ccc(/C(C)=N/NC(=O)C(=O)Nc3ccc(F)c(Cl)c3)cc2OC)c1. The molecule has 0 radical (unpaired) electrons. The molecule has 0 aromatic heterocycles. The number of hydrazone groups is 1. The predicted molar refractivity (Wildman–Crippen MR) is 131 cm³/mol. The van der Waals surface area contributed by atoms with E-state index in [0.717, 1.165) is 6.07 Å². The van der Waals surface area contributed by atoms with Gasteiger partial charge in [-0.15, -0.1) is 0 Å². The summed E-state index contributed by atoms with van der Waals surface area (Å²) in [6, 6.07) is 14.7. The highest BCUT2D eigenvalue weighted by Crippen LogP contribution is 2.29. The van der Waals surface area contributed by atoms with Gasteiger partial charge in [-0.2, -0.15) is 5.10 Å². The average molecular weight is 514 g/mol. The fraction of sp³-hybridized carbons (Fsp3) is 0.120. The molecule has 0 atom stereocenters. The van der Waals surface area contributed by atoms with Crippen molar-refractivity contribution in [1.82, 2.24) is 5.43 Å². The van der Waals surface area contributed by atoms with Gasteiger partial charge in [0, 0.05) is 11.3 Å². The fourth-order valence-electron chi connectivity index (χ4n) is 2.90. The summed E-state index contributed by atoms with van der Waals surface area (Å²) in [4.78, 5) is 36.7. The highest BCUT2D eigenvalue weighted by molar-refractivity contribution is 6.40. The van der Waals surface area contributed by atoms with Crippen molar-refractivity contribution in [3.05, 3.63) is 82.6 Å². The largest absolute Gasteiger partial charge is 0.497 e. The van der Waals surface area contributed by atoms with E-state index in [0.29, 0.717) is 22.6 Å². The molecule has 0 unspecified atom stereocenters. The Balaban J connectivity index is 1.67. The highest BCUT2D eigenvalue weighted by Gasteiger charge is 2.16. The fourth-order valence-corrected chi connectivity index (χ4v) is 3.08. The summed E-state index contributed by atoms with van der Waals surface area (Å²) in [5, 5.41) is 6.00. The molecule has 3 aromatic carbocycles. The number of hydrogen-bond donors (Lipinski definition) is 2. The Labute approximate surface area is 210 Å². The molecule has 2 amide bonds. The topological polar surface area (TPSA) is 115 Å². The van der Waals surface area contributed by atoms with Crippen LogP contribution in [0.1, 0.15) is 22.8 Å². The molecule has 0 spiro atoms. The molecule has 0 bridgehead atoms. The molecule has 11 heteroatoms. The van der Waals surface area contributed by atoms with Crippen molar-refractivity contribution >= 4 is 40.8 Å². The first-order valence-corrected chi connectivity index (χ1v) is 10.7. The van der Waals surface area contributed by atoms with Crippen LogP contribution in [0, 0.1) is 5.82 Å². The van der Waals surface area contributed by atoms with Gasteiger partial charge < -0.3 is 19.5 Å². The van der Waals surface area contributed by atoms with E-state index in [2.05, 4.69) is 15.8 Å².